The van der Waals surface area contributed by atoms with E-state index in [1.807, 2.05) is 80.5 Å². The molecule has 1 heterocycles. The highest BCUT2D eigenvalue weighted by Gasteiger charge is 2.73. The van der Waals surface area contributed by atoms with E-state index in [4.69, 9.17) is 4.74 Å². The summed E-state index contributed by atoms with van der Waals surface area (Å²) < 4.78 is 5.57. The van der Waals surface area contributed by atoms with Crippen molar-refractivity contribution in [1.82, 2.24) is 0 Å². The van der Waals surface area contributed by atoms with Crippen molar-refractivity contribution < 1.29 is 19.4 Å². The van der Waals surface area contributed by atoms with E-state index in [9.17, 15) is 14.7 Å². The Morgan fingerprint density at radius 2 is 1.36 bits per heavy atom. The number of allylic oxidation sites excluding steroid dienone is 9. The number of fused-ring (bicyclic) bond motifs is 2. The van der Waals surface area contributed by atoms with Gasteiger partial charge in [0, 0.05) is 5.41 Å². The summed E-state index contributed by atoms with van der Waals surface area (Å²) in [4.78, 5) is 25.2. The lowest BCUT2D eigenvalue weighted by Gasteiger charge is -2.28. The van der Waals surface area contributed by atoms with Gasteiger partial charge in [0.2, 0.25) is 0 Å². The molecule has 1 N–H and O–H groups in total. The largest absolute Gasteiger partial charge is 0.460 e. The Kier molecular flexibility index (Phi) is 7.96. The summed E-state index contributed by atoms with van der Waals surface area (Å²) in [5.74, 6) is -0.712. The van der Waals surface area contributed by atoms with Crippen LogP contribution in [-0.2, 0) is 14.3 Å². The summed E-state index contributed by atoms with van der Waals surface area (Å²) >= 11 is 0. The number of aliphatic hydroxyl groups excluding tert-OH is 1. The van der Waals surface area contributed by atoms with Crippen LogP contribution in [0.4, 0.5) is 0 Å². The van der Waals surface area contributed by atoms with E-state index < -0.39 is 29.0 Å². The first kappa shape index (κ1) is 26.8. The van der Waals surface area contributed by atoms with E-state index in [1.165, 1.54) is 0 Å². The maximum Gasteiger partial charge on any atom is 0.320 e. The minimum absolute atomic E-state index is 0.0227. The van der Waals surface area contributed by atoms with Gasteiger partial charge in [-0.3, -0.25) is 9.59 Å². The molecule has 0 amide bonds. The molecule has 2 rings (SSSR count). The fourth-order valence-electron chi connectivity index (χ4n) is 5.34. The van der Waals surface area contributed by atoms with Gasteiger partial charge in [0.1, 0.15) is 11.5 Å². The Morgan fingerprint density at radius 1 is 0.879 bits per heavy atom. The quantitative estimate of drug-likeness (QED) is 0.216. The average Bonchev–Trinajstić information content (AvgIpc) is 2.98. The second-order valence-electron chi connectivity index (χ2n) is 10.3. The van der Waals surface area contributed by atoms with Crippen LogP contribution in [0.2, 0.25) is 0 Å². The van der Waals surface area contributed by atoms with Gasteiger partial charge < -0.3 is 9.84 Å². The number of rotatable bonds is 7. The Morgan fingerprint density at radius 3 is 1.85 bits per heavy atom. The van der Waals surface area contributed by atoms with Gasteiger partial charge in [0.25, 0.3) is 0 Å². The van der Waals surface area contributed by atoms with Crippen molar-refractivity contribution in [2.45, 2.75) is 81.4 Å². The number of esters is 1. The first-order valence-electron chi connectivity index (χ1n) is 11.7. The summed E-state index contributed by atoms with van der Waals surface area (Å²) in [6.45, 7) is 19.4. The zero-order valence-electron chi connectivity index (χ0n) is 21.9. The van der Waals surface area contributed by atoms with Crippen LogP contribution < -0.4 is 0 Å². The molecular weight excluding hydrogens is 412 g/mol. The minimum Gasteiger partial charge on any atom is -0.460 e. The van der Waals surface area contributed by atoms with Gasteiger partial charge in [-0.15, -0.1) is 0 Å². The van der Waals surface area contributed by atoms with Crippen LogP contribution in [0.1, 0.15) is 69.2 Å². The number of ketones is 1. The zero-order chi connectivity index (χ0) is 25.3. The van der Waals surface area contributed by atoms with E-state index in [0.717, 1.165) is 33.4 Å². The molecular formula is C29H40O4. The predicted octanol–water partition coefficient (Wildman–Crippen LogP) is 6.20. The van der Waals surface area contributed by atoms with Gasteiger partial charge in [-0.1, -0.05) is 72.6 Å². The van der Waals surface area contributed by atoms with Gasteiger partial charge in [-0.2, -0.15) is 0 Å². The van der Waals surface area contributed by atoms with Gasteiger partial charge in [-0.25, -0.2) is 0 Å². The Bertz CT molecular complexity index is 1020. The van der Waals surface area contributed by atoms with Crippen LogP contribution >= 0.6 is 0 Å². The van der Waals surface area contributed by atoms with E-state index >= 15 is 0 Å². The Balaban J connectivity index is 2.25. The second-order valence-corrected chi connectivity index (χ2v) is 10.3. The maximum atomic E-state index is 12.8. The molecule has 1 saturated carbocycles. The van der Waals surface area contributed by atoms with Crippen LogP contribution in [0.25, 0.3) is 0 Å². The molecule has 2 bridgehead atoms. The normalized spacial score (nSPS) is 33.1. The third kappa shape index (κ3) is 4.91. The van der Waals surface area contributed by atoms with E-state index in [1.54, 1.807) is 6.92 Å². The molecule has 0 radical (unpaired) electrons. The molecule has 1 saturated heterocycles. The predicted molar refractivity (Wildman–Crippen MR) is 134 cm³/mol. The standard InChI is InChI=1S/C29H40O4/c1-11-21(6)24(30)22(7)15-19(4)13-17(2)12-18(3)14-20(5)16-28(9)26-23(8)25(31)29(28,10)27(32)33-26/h11-16,23-24,26,30H,1-10H3/b17-12-,18-14+,19-13-,20-16+,21-11+,22-15+/t23-,24+,26?,28+,29-/m0/s1. The molecule has 1 unspecified atom stereocenters. The summed E-state index contributed by atoms with van der Waals surface area (Å²) in [6.07, 6.45) is 11.2. The van der Waals surface area contributed by atoms with Crippen molar-refractivity contribution in [3.05, 3.63) is 69.9 Å². The van der Waals surface area contributed by atoms with Crippen LogP contribution in [0.3, 0.4) is 0 Å². The zero-order valence-corrected chi connectivity index (χ0v) is 21.9. The van der Waals surface area contributed by atoms with Gasteiger partial charge in [0.15, 0.2) is 5.78 Å². The SMILES string of the molecule is C/C=C(\C)[C@@H](O)/C(C)=C/C(C)=C\C(C)=C/C(C)=C/C(C)=C/[C@]1(C)C2OC(=O)[C@]1(C)C(=O)[C@@H]2C. The molecule has 2 fully saturated rings. The maximum absolute atomic E-state index is 12.8. The number of aliphatic hydroxyl groups is 1. The van der Waals surface area contributed by atoms with Crippen molar-refractivity contribution >= 4 is 11.8 Å². The summed E-state index contributed by atoms with van der Waals surface area (Å²) in [6, 6.07) is 0. The average molecular weight is 453 g/mol. The number of carbonyl (C=O) groups excluding carboxylic acids is 2. The van der Waals surface area contributed by atoms with E-state index in [-0.39, 0.29) is 11.7 Å². The van der Waals surface area contributed by atoms with Crippen LogP contribution in [0.15, 0.2) is 69.9 Å². The Hall–Kier alpha value is -2.46. The molecule has 0 aromatic rings. The van der Waals surface area contributed by atoms with Crippen molar-refractivity contribution in [2.24, 2.45) is 16.7 Å². The lowest BCUT2D eigenvalue weighted by Crippen LogP contribution is -2.41. The smallest absolute Gasteiger partial charge is 0.320 e. The Labute approximate surface area is 199 Å². The van der Waals surface area contributed by atoms with Crippen molar-refractivity contribution in [3.63, 3.8) is 0 Å². The highest BCUT2D eigenvalue weighted by atomic mass is 16.6. The number of hydrogen-bond donors (Lipinski definition) is 1. The molecule has 0 aromatic carbocycles. The molecule has 1 aliphatic heterocycles. The highest BCUT2D eigenvalue weighted by molar-refractivity contribution is 6.10. The summed E-state index contributed by atoms with van der Waals surface area (Å²) in [7, 11) is 0. The number of hydrogen-bond acceptors (Lipinski definition) is 4. The number of ether oxygens (including phenoxy) is 1. The van der Waals surface area contributed by atoms with Gasteiger partial charge >= 0.3 is 5.97 Å². The lowest BCUT2D eigenvalue weighted by atomic mass is 9.68. The molecule has 180 valence electrons. The molecule has 1 aliphatic carbocycles. The fraction of sp³-hybridized carbons (Fsp3) is 0.517. The third-order valence-electron chi connectivity index (χ3n) is 7.34. The van der Waals surface area contributed by atoms with Crippen molar-refractivity contribution in [1.29, 1.82) is 0 Å². The van der Waals surface area contributed by atoms with Crippen LogP contribution in [-0.4, -0.2) is 29.1 Å². The van der Waals surface area contributed by atoms with Crippen LogP contribution in [0.5, 0.6) is 0 Å². The molecule has 0 aromatic heterocycles. The lowest BCUT2D eigenvalue weighted by molar-refractivity contribution is -0.161. The molecule has 33 heavy (non-hydrogen) atoms. The molecule has 2 aliphatic rings. The van der Waals surface area contributed by atoms with Crippen molar-refractivity contribution in [2.75, 3.05) is 0 Å². The summed E-state index contributed by atoms with van der Waals surface area (Å²) in [5.41, 5.74) is 4.31. The van der Waals surface area contributed by atoms with E-state index in [2.05, 4.69) is 18.2 Å². The monoisotopic (exact) mass is 452 g/mol. The minimum atomic E-state index is -1.12. The number of Topliss-reactive ketones (excluding diaryl/α,β-unsaturated/α-hetero) is 1. The molecule has 4 heteroatoms. The van der Waals surface area contributed by atoms with Crippen molar-refractivity contribution in [3.8, 4) is 0 Å². The highest BCUT2D eigenvalue weighted by Crippen LogP contribution is 2.61. The first-order chi connectivity index (χ1) is 15.2. The van der Waals surface area contributed by atoms with E-state index in [0.29, 0.717) is 0 Å². The molecule has 0 spiro atoms. The summed E-state index contributed by atoms with van der Waals surface area (Å²) in [5, 5.41) is 10.3. The molecule has 4 nitrogen and oxygen atoms in total. The van der Waals surface area contributed by atoms with Crippen LogP contribution in [0, 0.1) is 16.7 Å². The topological polar surface area (TPSA) is 63.6 Å². The molecule has 5 atom stereocenters. The van der Waals surface area contributed by atoms with Gasteiger partial charge in [0.05, 0.1) is 12.0 Å². The first-order valence-corrected chi connectivity index (χ1v) is 11.7. The second kappa shape index (κ2) is 9.80. The van der Waals surface area contributed by atoms with Gasteiger partial charge in [-0.05, 0) is 66.5 Å². The third-order valence-corrected chi connectivity index (χ3v) is 7.34. The number of carbonyl (C=O) groups is 2. The fourth-order valence-corrected chi connectivity index (χ4v) is 5.34.